The smallest absolute Gasteiger partial charge is 0.346 e. The largest absolute Gasteiger partial charge is 0.497 e. The van der Waals surface area contributed by atoms with Crippen LogP contribution in [0.25, 0.3) is 10.7 Å². The lowest BCUT2D eigenvalue weighted by Gasteiger charge is -2.06. The van der Waals surface area contributed by atoms with Gasteiger partial charge in [0.05, 0.1) is 25.0 Å². The van der Waals surface area contributed by atoms with Crippen LogP contribution >= 0.6 is 11.3 Å². The fourth-order valence-corrected chi connectivity index (χ4v) is 3.80. The van der Waals surface area contributed by atoms with Gasteiger partial charge in [-0.2, -0.15) is 0 Å². The molecule has 1 aliphatic carbocycles. The molecule has 1 fully saturated rings. The van der Waals surface area contributed by atoms with Gasteiger partial charge in [0.25, 0.3) is 0 Å². The number of aromatic nitrogens is 3. The molecule has 3 aromatic rings. The number of hydrogen-bond donors (Lipinski definition) is 1. The van der Waals surface area contributed by atoms with Gasteiger partial charge in [0.1, 0.15) is 5.75 Å². The minimum atomic E-state index is -0.102. The van der Waals surface area contributed by atoms with Crippen LogP contribution in [0.1, 0.15) is 24.4 Å². The van der Waals surface area contributed by atoms with Crippen molar-refractivity contribution in [1.82, 2.24) is 19.7 Å². The first-order valence-corrected chi connectivity index (χ1v) is 10.2. The molecule has 146 valence electrons. The average molecular weight is 398 g/mol. The zero-order valence-corrected chi connectivity index (χ0v) is 16.4. The van der Waals surface area contributed by atoms with E-state index in [-0.39, 0.29) is 24.1 Å². The molecule has 1 aromatic carbocycles. The number of ether oxygens (including phenoxy) is 1. The first-order valence-electron chi connectivity index (χ1n) is 9.28. The predicted octanol–water partition coefficient (Wildman–Crippen LogP) is 2.48. The Morgan fingerprint density at radius 3 is 2.71 bits per heavy atom. The summed E-state index contributed by atoms with van der Waals surface area (Å²) in [5, 5.41) is 9.37. The van der Waals surface area contributed by atoms with E-state index in [4.69, 9.17) is 4.74 Å². The Labute approximate surface area is 166 Å². The summed E-state index contributed by atoms with van der Waals surface area (Å²) in [6.07, 6.45) is 2.32. The minimum absolute atomic E-state index is 0.0849. The summed E-state index contributed by atoms with van der Waals surface area (Å²) in [7, 11) is 1.61. The van der Waals surface area contributed by atoms with Crippen molar-refractivity contribution in [3.05, 3.63) is 57.8 Å². The molecular weight excluding hydrogens is 376 g/mol. The quantitative estimate of drug-likeness (QED) is 0.632. The normalized spacial score (nSPS) is 13.5. The molecule has 0 bridgehead atoms. The number of nitrogens with one attached hydrogen (secondary N) is 1. The van der Waals surface area contributed by atoms with Crippen molar-refractivity contribution in [2.75, 3.05) is 13.7 Å². The number of thiophene rings is 1. The highest BCUT2D eigenvalue weighted by Crippen LogP contribution is 2.37. The van der Waals surface area contributed by atoms with E-state index in [2.05, 4.69) is 10.4 Å². The van der Waals surface area contributed by atoms with Gasteiger partial charge in [-0.05, 0) is 42.0 Å². The molecule has 0 unspecified atom stereocenters. The predicted molar refractivity (Wildman–Crippen MR) is 108 cm³/mol. The summed E-state index contributed by atoms with van der Waals surface area (Å²) in [4.78, 5) is 25.9. The van der Waals surface area contributed by atoms with Gasteiger partial charge >= 0.3 is 5.69 Å². The monoisotopic (exact) mass is 398 g/mol. The topological polar surface area (TPSA) is 78.2 Å². The Morgan fingerprint density at radius 1 is 1.29 bits per heavy atom. The third kappa shape index (κ3) is 4.01. The minimum Gasteiger partial charge on any atom is -0.497 e. The maximum atomic E-state index is 12.7. The van der Waals surface area contributed by atoms with Crippen molar-refractivity contribution >= 4 is 17.2 Å². The standard InChI is InChI=1S/C20H22N4O3S/c1-27-16-8-4-14(5-9-16)13-18(25)21-10-11-23-20(26)24(15-6-7-15)19(22-23)17-3-2-12-28-17/h2-5,8-9,12,15H,6-7,10-11,13H2,1H3,(H,21,25). The molecule has 0 saturated heterocycles. The van der Waals surface area contributed by atoms with Gasteiger partial charge in [0.2, 0.25) is 5.91 Å². The molecule has 1 saturated carbocycles. The number of nitrogens with zero attached hydrogens (tertiary/aromatic N) is 3. The number of rotatable bonds is 8. The molecule has 1 N–H and O–H groups in total. The van der Waals surface area contributed by atoms with Crippen molar-refractivity contribution < 1.29 is 9.53 Å². The lowest BCUT2D eigenvalue weighted by Crippen LogP contribution is -2.32. The van der Waals surface area contributed by atoms with E-state index >= 15 is 0 Å². The Bertz CT molecular complexity index is 1000. The molecule has 4 rings (SSSR count). The van der Waals surface area contributed by atoms with Crippen molar-refractivity contribution in [3.63, 3.8) is 0 Å². The molecule has 8 heteroatoms. The van der Waals surface area contributed by atoms with E-state index in [0.717, 1.165) is 34.9 Å². The summed E-state index contributed by atoms with van der Waals surface area (Å²) >= 11 is 1.58. The highest BCUT2D eigenvalue weighted by Gasteiger charge is 2.30. The third-order valence-electron chi connectivity index (χ3n) is 4.69. The van der Waals surface area contributed by atoms with Crippen molar-refractivity contribution in [3.8, 4) is 16.5 Å². The van der Waals surface area contributed by atoms with Gasteiger partial charge in [-0.3, -0.25) is 9.36 Å². The van der Waals surface area contributed by atoms with E-state index in [1.54, 1.807) is 23.0 Å². The van der Waals surface area contributed by atoms with Crippen LogP contribution in [0.15, 0.2) is 46.6 Å². The second kappa shape index (κ2) is 8.02. The van der Waals surface area contributed by atoms with Crippen LogP contribution < -0.4 is 15.7 Å². The first kappa shape index (κ1) is 18.5. The molecular formula is C20H22N4O3S. The number of methoxy groups -OCH3 is 1. The highest BCUT2D eigenvalue weighted by molar-refractivity contribution is 7.13. The Balaban J connectivity index is 1.37. The van der Waals surface area contributed by atoms with Gasteiger partial charge in [-0.1, -0.05) is 18.2 Å². The van der Waals surface area contributed by atoms with Gasteiger partial charge in [0.15, 0.2) is 5.82 Å². The van der Waals surface area contributed by atoms with Crippen molar-refractivity contribution in [2.45, 2.75) is 31.8 Å². The maximum absolute atomic E-state index is 12.7. The van der Waals surface area contributed by atoms with Crippen LogP contribution in [0.2, 0.25) is 0 Å². The molecule has 2 heterocycles. The number of amides is 1. The van der Waals surface area contributed by atoms with E-state index in [1.807, 2.05) is 41.8 Å². The first-order chi connectivity index (χ1) is 13.7. The summed E-state index contributed by atoms with van der Waals surface area (Å²) < 4.78 is 8.37. The average Bonchev–Trinajstić information content (AvgIpc) is 3.27. The molecule has 0 atom stereocenters. The van der Waals surface area contributed by atoms with Crippen LogP contribution in [0, 0.1) is 0 Å². The van der Waals surface area contributed by atoms with Gasteiger partial charge in [-0.15, -0.1) is 16.4 Å². The van der Waals surface area contributed by atoms with Gasteiger partial charge in [-0.25, -0.2) is 9.48 Å². The molecule has 2 aromatic heterocycles. The fourth-order valence-electron chi connectivity index (χ4n) is 3.09. The Kier molecular flexibility index (Phi) is 5.29. The van der Waals surface area contributed by atoms with Gasteiger partial charge < -0.3 is 10.1 Å². The summed E-state index contributed by atoms with van der Waals surface area (Å²) in [5.41, 5.74) is 0.809. The summed E-state index contributed by atoms with van der Waals surface area (Å²) in [5.74, 6) is 1.40. The lowest BCUT2D eigenvalue weighted by atomic mass is 10.1. The molecule has 1 aliphatic rings. The van der Waals surface area contributed by atoms with E-state index in [1.165, 1.54) is 4.68 Å². The van der Waals surface area contributed by atoms with Crippen LogP contribution in [0.5, 0.6) is 5.75 Å². The van der Waals surface area contributed by atoms with E-state index < -0.39 is 0 Å². The Morgan fingerprint density at radius 2 is 2.07 bits per heavy atom. The number of benzene rings is 1. The second-order valence-electron chi connectivity index (χ2n) is 6.78. The fraction of sp³-hybridized carbons (Fsp3) is 0.350. The lowest BCUT2D eigenvalue weighted by molar-refractivity contribution is -0.120. The highest BCUT2D eigenvalue weighted by atomic mass is 32.1. The van der Waals surface area contributed by atoms with Crippen LogP contribution in [0.4, 0.5) is 0 Å². The Hall–Kier alpha value is -2.87. The zero-order chi connectivity index (χ0) is 19.5. The maximum Gasteiger partial charge on any atom is 0.346 e. The summed E-state index contributed by atoms with van der Waals surface area (Å²) in [6.45, 7) is 0.714. The number of hydrogen-bond acceptors (Lipinski definition) is 5. The van der Waals surface area contributed by atoms with Crippen molar-refractivity contribution in [2.24, 2.45) is 0 Å². The molecule has 28 heavy (non-hydrogen) atoms. The molecule has 0 spiro atoms. The van der Waals surface area contributed by atoms with Gasteiger partial charge in [0, 0.05) is 12.6 Å². The summed E-state index contributed by atoms with van der Waals surface area (Å²) in [6, 6.07) is 11.6. The van der Waals surface area contributed by atoms with Crippen LogP contribution in [-0.2, 0) is 17.8 Å². The molecule has 0 aliphatic heterocycles. The molecule has 1 amide bonds. The molecule has 7 nitrogen and oxygen atoms in total. The molecule has 0 radical (unpaired) electrons. The van der Waals surface area contributed by atoms with E-state index in [9.17, 15) is 9.59 Å². The van der Waals surface area contributed by atoms with E-state index in [0.29, 0.717) is 13.1 Å². The third-order valence-corrected chi connectivity index (χ3v) is 5.56. The number of carbonyl (C=O) groups excluding carboxylic acids is 1. The van der Waals surface area contributed by atoms with Crippen LogP contribution in [0.3, 0.4) is 0 Å². The number of carbonyl (C=O) groups is 1. The van der Waals surface area contributed by atoms with Crippen molar-refractivity contribution in [1.29, 1.82) is 0 Å². The second-order valence-corrected chi connectivity index (χ2v) is 7.73. The zero-order valence-electron chi connectivity index (χ0n) is 15.6. The SMILES string of the molecule is COc1ccc(CC(=O)NCCn2nc(-c3cccs3)n(C3CC3)c2=O)cc1. The van der Waals surface area contributed by atoms with Crippen LogP contribution in [-0.4, -0.2) is 33.9 Å².